The number of hydrogen-bond donors (Lipinski definition) is 2. The number of rotatable bonds is 3. The van der Waals surface area contributed by atoms with Crippen molar-refractivity contribution in [3.63, 3.8) is 0 Å². The number of anilines is 2. The van der Waals surface area contributed by atoms with Crippen molar-refractivity contribution in [2.24, 2.45) is 5.84 Å². The summed E-state index contributed by atoms with van der Waals surface area (Å²) in [7, 11) is 2.09. The highest BCUT2D eigenvalue weighted by Gasteiger charge is 2.22. The van der Waals surface area contributed by atoms with E-state index < -0.39 is 0 Å². The molecule has 5 nitrogen and oxygen atoms in total. The molecule has 6 heteroatoms. The Bertz CT molecular complexity index is 364. The molecule has 0 bridgehead atoms. The third-order valence-corrected chi connectivity index (χ3v) is 4.01. The highest BCUT2D eigenvalue weighted by Crippen LogP contribution is 2.26. The molecule has 1 aromatic rings. The molecular formula is C10H17N5S. The second kappa shape index (κ2) is 4.88. The minimum absolute atomic E-state index is 0.470. The first-order chi connectivity index (χ1) is 7.72. The van der Waals surface area contributed by atoms with Crippen molar-refractivity contribution in [2.45, 2.75) is 19.4 Å². The van der Waals surface area contributed by atoms with E-state index >= 15 is 0 Å². The predicted octanol–water partition coefficient (Wildman–Crippen LogP) is 1.01. The van der Waals surface area contributed by atoms with E-state index in [0.717, 1.165) is 11.4 Å². The second-order valence-electron chi connectivity index (χ2n) is 3.97. The molecule has 0 aliphatic carbocycles. The van der Waals surface area contributed by atoms with Crippen molar-refractivity contribution in [1.29, 1.82) is 0 Å². The van der Waals surface area contributed by atoms with E-state index in [1.807, 2.05) is 18.7 Å². The lowest BCUT2D eigenvalue weighted by Crippen LogP contribution is -2.33. The number of nitrogen functional groups attached to an aromatic ring is 1. The molecule has 1 fully saturated rings. The first-order valence-corrected chi connectivity index (χ1v) is 6.48. The Kier molecular flexibility index (Phi) is 3.50. The molecule has 0 amide bonds. The normalized spacial score (nSPS) is 19.8. The molecule has 1 saturated heterocycles. The molecule has 0 aromatic carbocycles. The van der Waals surface area contributed by atoms with Gasteiger partial charge in [0.2, 0.25) is 5.95 Å². The molecular weight excluding hydrogens is 222 g/mol. The number of nitrogens with two attached hydrogens (primary N) is 1. The molecule has 88 valence electrons. The maximum absolute atomic E-state index is 5.32. The Balaban J connectivity index is 2.23. The Morgan fingerprint density at radius 1 is 1.62 bits per heavy atom. The van der Waals surface area contributed by atoms with Crippen LogP contribution in [0.1, 0.15) is 12.0 Å². The molecule has 2 rings (SSSR count). The largest absolute Gasteiger partial charge is 0.355 e. The van der Waals surface area contributed by atoms with Gasteiger partial charge in [-0.25, -0.2) is 10.8 Å². The summed E-state index contributed by atoms with van der Waals surface area (Å²) >= 11 is 2.00. The van der Waals surface area contributed by atoms with Gasteiger partial charge in [-0.2, -0.15) is 16.7 Å². The summed E-state index contributed by atoms with van der Waals surface area (Å²) < 4.78 is 0. The van der Waals surface area contributed by atoms with E-state index in [9.17, 15) is 0 Å². The van der Waals surface area contributed by atoms with Crippen LogP contribution in [0.25, 0.3) is 0 Å². The lowest BCUT2D eigenvalue weighted by molar-refractivity contribution is 0.688. The topological polar surface area (TPSA) is 67.1 Å². The lowest BCUT2D eigenvalue weighted by atomic mass is 10.2. The number of aromatic nitrogens is 2. The number of hydrazine groups is 1. The van der Waals surface area contributed by atoms with Crippen LogP contribution in [0.15, 0.2) is 6.20 Å². The van der Waals surface area contributed by atoms with Gasteiger partial charge in [0.05, 0.1) is 0 Å². The fourth-order valence-electron chi connectivity index (χ4n) is 1.86. The third-order valence-electron chi connectivity index (χ3n) is 2.86. The highest BCUT2D eigenvalue weighted by atomic mass is 32.2. The van der Waals surface area contributed by atoms with Gasteiger partial charge < -0.3 is 4.90 Å². The van der Waals surface area contributed by atoms with Crippen molar-refractivity contribution in [3.05, 3.63) is 11.8 Å². The van der Waals surface area contributed by atoms with Crippen molar-refractivity contribution in [3.8, 4) is 0 Å². The summed E-state index contributed by atoms with van der Waals surface area (Å²) in [5.41, 5.74) is 3.57. The van der Waals surface area contributed by atoms with E-state index in [4.69, 9.17) is 5.84 Å². The SMILES string of the molecule is Cc1cnc(NN)nc1N(C)C1CCSC1. The van der Waals surface area contributed by atoms with Crippen molar-refractivity contribution < 1.29 is 0 Å². The second-order valence-corrected chi connectivity index (χ2v) is 5.12. The van der Waals surface area contributed by atoms with E-state index in [-0.39, 0.29) is 0 Å². The van der Waals surface area contributed by atoms with Crippen LogP contribution < -0.4 is 16.2 Å². The minimum Gasteiger partial charge on any atom is -0.355 e. The van der Waals surface area contributed by atoms with Crippen LogP contribution in [0.5, 0.6) is 0 Å². The van der Waals surface area contributed by atoms with Gasteiger partial charge in [-0.1, -0.05) is 0 Å². The molecule has 0 saturated carbocycles. The third kappa shape index (κ3) is 2.22. The zero-order chi connectivity index (χ0) is 11.5. The van der Waals surface area contributed by atoms with Crippen molar-refractivity contribution in [2.75, 3.05) is 28.9 Å². The summed E-state index contributed by atoms with van der Waals surface area (Å²) in [4.78, 5) is 10.7. The maximum Gasteiger partial charge on any atom is 0.239 e. The number of nitrogens with zero attached hydrogens (tertiary/aromatic N) is 3. The predicted molar refractivity (Wildman–Crippen MR) is 68.7 cm³/mol. The molecule has 0 spiro atoms. The highest BCUT2D eigenvalue weighted by molar-refractivity contribution is 7.99. The Hall–Kier alpha value is -1.01. The van der Waals surface area contributed by atoms with E-state index in [2.05, 4.69) is 27.3 Å². The van der Waals surface area contributed by atoms with E-state index in [1.165, 1.54) is 17.9 Å². The zero-order valence-corrected chi connectivity index (χ0v) is 10.4. The van der Waals surface area contributed by atoms with Gasteiger partial charge in [-0.3, -0.25) is 5.43 Å². The summed E-state index contributed by atoms with van der Waals surface area (Å²) in [5.74, 6) is 9.17. The average Bonchev–Trinajstić information content (AvgIpc) is 2.82. The smallest absolute Gasteiger partial charge is 0.239 e. The van der Waals surface area contributed by atoms with Crippen LogP contribution in [-0.4, -0.2) is 34.6 Å². The lowest BCUT2D eigenvalue weighted by Gasteiger charge is -2.26. The molecule has 1 aliphatic heterocycles. The molecule has 1 unspecified atom stereocenters. The fraction of sp³-hybridized carbons (Fsp3) is 0.600. The molecule has 16 heavy (non-hydrogen) atoms. The van der Waals surface area contributed by atoms with Crippen LogP contribution in [0.3, 0.4) is 0 Å². The Labute approximate surface area is 99.8 Å². The van der Waals surface area contributed by atoms with Gasteiger partial charge in [0.25, 0.3) is 0 Å². The number of aryl methyl sites for hydroxylation is 1. The Morgan fingerprint density at radius 2 is 2.44 bits per heavy atom. The van der Waals surface area contributed by atoms with Gasteiger partial charge in [0.1, 0.15) is 5.82 Å². The standard InChI is InChI=1S/C10H17N5S/c1-7-5-12-10(14-11)13-9(7)15(2)8-3-4-16-6-8/h5,8H,3-4,6,11H2,1-2H3,(H,12,13,14). The minimum atomic E-state index is 0.470. The van der Waals surface area contributed by atoms with Gasteiger partial charge in [-0.15, -0.1) is 0 Å². The molecule has 2 heterocycles. The van der Waals surface area contributed by atoms with Gasteiger partial charge >= 0.3 is 0 Å². The maximum atomic E-state index is 5.32. The van der Waals surface area contributed by atoms with E-state index in [0.29, 0.717) is 12.0 Å². The van der Waals surface area contributed by atoms with Crippen molar-refractivity contribution in [1.82, 2.24) is 9.97 Å². The molecule has 1 atom stereocenters. The molecule has 1 aromatic heterocycles. The monoisotopic (exact) mass is 239 g/mol. The van der Waals surface area contributed by atoms with Gasteiger partial charge in [0, 0.05) is 30.6 Å². The molecule has 0 radical (unpaired) electrons. The van der Waals surface area contributed by atoms with Gasteiger partial charge in [-0.05, 0) is 19.1 Å². The first-order valence-electron chi connectivity index (χ1n) is 5.33. The van der Waals surface area contributed by atoms with Crippen LogP contribution in [0.2, 0.25) is 0 Å². The first kappa shape index (κ1) is 11.5. The van der Waals surface area contributed by atoms with Crippen LogP contribution in [0.4, 0.5) is 11.8 Å². The Morgan fingerprint density at radius 3 is 3.06 bits per heavy atom. The number of nitrogens with one attached hydrogen (secondary N) is 1. The number of thioether (sulfide) groups is 1. The zero-order valence-electron chi connectivity index (χ0n) is 9.60. The van der Waals surface area contributed by atoms with E-state index in [1.54, 1.807) is 6.20 Å². The quantitative estimate of drug-likeness (QED) is 0.606. The summed E-state index contributed by atoms with van der Waals surface area (Å²) in [6.45, 7) is 2.02. The summed E-state index contributed by atoms with van der Waals surface area (Å²) in [6.07, 6.45) is 3.02. The van der Waals surface area contributed by atoms with Crippen LogP contribution >= 0.6 is 11.8 Å². The molecule has 3 N–H and O–H groups in total. The number of hydrogen-bond acceptors (Lipinski definition) is 6. The van der Waals surface area contributed by atoms with Gasteiger partial charge in [0.15, 0.2) is 0 Å². The average molecular weight is 239 g/mol. The van der Waals surface area contributed by atoms with Crippen molar-refractivity contribution >= 4 is 23.5 Å². The summed E-state index contributed by atoms with van der Waals surface area (Å²) in [5, 5.41) is 0. The summed E-state index contributed by atoms with van der Waals surface area (Å²) in [6, 6.07) is 0.573. The van der Waals surface area contributed by atoms with Crippen LogP contribution in [-0.2, 0) is 0 Å². The fourth-order valence-corrected chi connectivity index (χ4v) is 3.13. The van der Waals surface area contributed by atoms with Crippen LogP contribution in [0, 0.1) is 6.92 Å². The molecule has 1 aliphatic rings.